The predicted octanol–water partition coefficient (Wildman–Crippen LogP) is 3.39. The monoisotopic (exact) mass is 231 g/mol. The fourth-order valence-corrected chi connectivity index (χ4v) is 1.51. The molecule has 2 rings (SSSR count). The van der Waals surface area contributed by atoms with Crippen molar-refractivity contribution in [2.24, 2.45) is 5.73 Å². The molecule has 2 aromatic carbocycles. The highest BCUT2D eigenvalue weighted by Crippen LogP contribution is 2.23. The molecule has 0 spiro atoms. The van der Waals surface area contributed by atoms with Crippen LogP contribution in [0.2, 0.25) is 0 Å². The van der Waals surface area contributed by atoms with E-state index in [4.69, 9.17) is 10.5 Å². The smallest absolute Gasteiger partial charge is 0.127 e. The van der Waals surface area contributed by atoms with Crippen LogP contribution in [0.25, 0.3) is 0 Å². The molecule has 0 unspecified atom stereocenters. The van der Waals surface area contributed by atoms with Gasteiger partial charge in [-0.3, -0.25) is 0 Å². The van der Waals surface area contributed by atoms with Crippen LogP contribution in [-0.2, 0) is 6.54 Å². The Kier molecular flexibility index (Phi) is 3.40. The van der Waals surface area contributed by atoms with E-state index in [1.54, 1.807) is 19.1 Å². The summed E-state index contributed by atoms with van der Waals surface area (Å²) in [7, 11) is 0. The Morgan fingerprint density at radius 3 is 2.29 bits per heavy atom. The molecule has 0 fully saturated rings. The van der Waals surface area contributed by atoms with E-state index in [1.165, 1.54) is 6.07 Å². The number of halogens is 1. The standard InChI is InChI=1S/C14H14FNO/c1-10-8-13(6-7-14(10)15)17-12-4-2-11(9-16)3-5-12/h2-8H,9,16H2,1H3. The minimum Gasteiger partial charge on any atom is -0.457 e. The summed E-state index contributed by atoms with van der Waals surface area (Å²) in [5.74, 6) is 1.12. The maximum Gasteiger partial charge on any atom is 0.127 e. The average molecular weight is 231 g/mol. The van der Waals surface area contributed by atoms with Crippen LogP contribution in [0.3, 0.4) is 0 Å². The molecule has 0 aromatic heterocycles. The summed E-state index contributed by atoms with van der Waals surface area (Å²) < 4.78 is 18.7. The highest BCUT2D eigenvalue weighted by molar-refractivity contribution is 5.35. The van der Waals surface area contributed by atoms with Gasteiger partial charge in [0.1, 0.15) is 17.3 Å². The van der Waals surface area contributed by atoms with Crippen LogP contribution in [0.5, 0.6) is 11.5 Å². The Bertz CT molecular complexity index is 508. The molecule has 2 nitrogen and oxygen atoms in total. The molecule has 0 radical (unpaired) electrons. The highest BCUT2D eigenvalue weighted by atomic mass is 19.1. The van der Waals surface area contributed by atoms with E-state index in [1.807, 2.05) is 24.3 Å². The first kappa shape index (κ1) is 11.6. The third kappa shape index (κ3) is 2.82. The molecular weight excluding hydrogens is 217 g/mol. The lowest BCUT2D eigenvalue weighted by molar-refractivity contribution is 0.479. The van der Waals surface area contributed by atoms with Gasteiger partial charge in [0.15, 0.2) is 0 Å². The molecule has 0 heterocycles. The van der Waals surface area contributed by atoms with E-state index in [-0.39, 0.29) is 5.82 Å². The van der Waals surface area contributed by atoms with Gasteiger partial charge in [-0.25, -0.2) is 4.39 Å². The number of hydrogen-bond donors (Lipinski definition) is 1. The van der Waals surface area contributed by atoms with Gasteiger partial charge in [0.05, 0.1) is 0 Å². The Hall–Kier alpha value is -1.87. The van der Waals surface area contributed by atoms with E-state index < -0.39 is 0 Å². The first-order chi connectivity index (χ1) is 8.19. The van der Waals surface area contributed by atoms with Gasteiger partial charge in [-0.05, 0) is 48.4 Å². The van der Waals surface area contributed by atoms with Crippen molar-refractivity contribution in [3.8, 4) is 11.5 Å². The summed E-state index contributed by atoms with van der Waals surface area (Å²) in [6.45, 7) is 2.22. The number of rotatable bonds is 3. The van der Waals surface area contributed by atoms with Crippen molar-refractivity contribution in [1.82, 2.24) is 0 Å². The largest absolute Gasteiger partial charge is 0.457 e. The second kappa shape index (κ2) is 4.97. The maximum absolute atomic E-state index is 13.1. The Labute approximate surface area is 99.8 Å². The van der Waals surface area contributed by atoms with Crippen LogP contribution in [-0.4, -0.2) is 0 Å². The molecule has 0 amide bonds. The van der Waals surface area contributed by atoms with Gasteiger partial charge in [-0.2, -0.15) is 0 Å². The van der Waals surface area contributed by atoms with E-state index in [0.29, 0.717) is 23.6 Å². The number of nitrogens with two attached hydrogens (primary N) is 1. The summed E-state index contributed by atoms with van der Waals surface area (Å²) in [4.78, 5) is 0. The van der Waals surface area contributed by atoms with Crippen LogP contribution >= 0.6 is 0 Å². The van der Waals surface area contributed by atoms with Crippen molar-refractivity contribution >= 4 is 0 Å². The molecule has 88 valence electrons. The number of ether oxygens (including phenoxy) is 1. The first-order valence-electron chi connectivity index (χ1n) is 5.42. The SMILES string of the molecule is Cc1cc(Oc2ccc(CN)cc2)ccc1F. The summed E-state index contributed by atoms with van der Waals surface area (Å²) in [6, 6.07) is 12.2. The molecule has 0 aliphatic heterocycles. The zero-order chi connectivity index (χ0) is 12.3. The minimum absolute atomic E-state index is 0.226. The van der Waals surface area contributed by atoms with Crippen LogP contribution in [0.15, 0.2) is 42.5 Å². The zero-order valence-electron chi connectivity index (χ0n) is 9.61. The van der Waals surface area contributed by atoms with Gasteiger partial charge in [-0.15, -0.1) is 0 Å². The number of aryl methyl sites for hydroxylation is 1. The van der Waals surface area contributed by atoms with Crippen molar-refractivity contribution < 1.29 is 9.13 Å². The second-order valence-electron chi connectivity index (χ2n) is 3.86. The van der Waals surface area contributed by atoms with Gasteiger partial charge in [-0.1, -0.05) is 12.1 Å². The molecule has 3 heteroatoms. The zero-order valence-corrected chi connectivity index (χ0v) is 9.61. The summed E-state index contributed by atoms with van der Waals surface area (Å²) in [5, 5.41) is 0. The number of benzene rings is 2. The average Bonchev–Trinajstić information content (AvgIpc) is 2.35. The lowest BCUT2D eigenvalue weighted by atomic mass is 10.2. The van der Waals surface area contributed by atoms with Gasteiger partial charge >= 0.3 is 0 Å². The predicted molar refractivity (Wildman–Crippen MR) is 65.5 cm³/mol. The first-order valence-corrected chi connectivity index (χ1v) is 5.42. The third-order valence-corrected chi connectivity index (χ3v) is 2.52. The fraction of sp³-hybridized carbons (Fsp3) is 0.143. The minimum atomic E-state index is -0.226. The van der Waals surface area contributed by atoms with Crippen molar-refractivity contribution in [1.29, 1.82) is 0 Å². The summed E-state index contributed by atoms with van der Waals surface area (Å²) in [6.07, 6.45) is 0. The lowest BCUT2D eigenvalue weighted by Crippen LogP contribution is -1.95. The molecular formula is C14H14FNO. The molecule has 0 saturated carbocycles. The molecule has 2 N–H and O–H groups in total. The van der Waals surface area contributed by atoms with E-state index in [0.717, 1.165) is 5.56 Å². The molecule has 0 aliphatic rings. The second-order valence-corrected chi connectivity index (χ2v) is 3.86. The highest BCUT2D eigenvalue weighted by Gasteiger charge is 2.01. The van der Waals surface area contributed by atoms with Crippen LogP contribution < -0.4 is 10.5 Å². The van der Waals surface area contributed by atoms with Gasteiger partial charge in [0, 0.05) is 6.54 Å². The third-order valence-electron chi connectivity index (χ3n) is 2.52. The van der Waals surface area contributed by atoms with Gasteiger partial charge in [0.25, 0.3) is 0 Å². The molecule has 2 aromatic rings. The van der Waals surface area contributed by atoms with E-state index >= 15 is 0 Å². The summed E-state index contributed by atoms with van der Waals surface area (Å²) in [5.41, 5.74) is 7.13. The van der Waals surface area contributed by atoms with Crippen LogP contribution in [0, 0.1) is 12.7 Å². The van der Waals surface area contributed by atoms with Gasteiger partial charge < -0.3 is 10.5 Å². The molecule has 0 atom stereocenters. The Morgan fingerprint density at radius 1 is 1.06 bits per heavy atom. The van der Waals surface area contributed by atoms with Crippen LogP contribution in [0.4, 0.5) is 4.39 Å². The fourth-order valence-electron chi connectivity index (χ4n) is 1.51. The molecule has 0 aliphatic carbocycles. The van der Waals surface area contributed by atoms with Gasteiger partial charge in [0.2, 0.25) is 0 Å². The molecule has 0 bridgehead atoms. The Morgan fingerprint density at radius 2 is 1.71 bits per heavy atom. The lowest BCUT2D eigenvalue weighted by Gasteiger charge is -2.07. The van der Waals surface area contributed by atoms with Crippen molar-refractivity contribution in [2.45, 2.75) is 13.5 Å². The normalized spacial score (nSPS) is 10.3. The van der Waals surface area contributed by atoms with Crippen molar-refractivity contribution in [3.63, 3.8) is 0 Å². The quantitative estimate of drug-likeness (QED) is 0.878. The van der Waals surface area contributed by atoms with Crippen molar-refractivity contribution in [2.75, 3.05) is 0 Å². The van der Waals surface area contributed by atoms with Crippen LogP contribution in [0.1, 0.15) is 11.1 Å². The number of hydrogen-bond acceptors (Lipinski definition) is 2. The topological polar surface area (TPSA) is 35.2 Å². The van der Waals surface area contributed by atoms with Crippen molar-refractivity contribution in [3.05, 3.63) is 59.4 Å². The summed E-state index contributed by atoms with van der Waals surface area (Å²) >= 11 is 0. The maximum atomic E-state index is 13.1. The molecule has 0 saturated heterocycles. The molecule has 17 heavy (non-hydrogen) atoms. The van der Waals surface area contributed by atoms with E-state index in [9.17, 15) is 4.39 Å². The van der Waals surface area contributed by atoms with E-state index in [2.05, 4.69) is 0 Å². The Balaban J connectivity index is 2.16.